The van der Waals surface area contributed by atoms with Gasteiger partial charge in [0.1, 0.15) is 24.1 Å². The van der Waals surface area contributed by atoms with E-state index in [1.807, 2.05) is 0 Å². The lowest BCUT2D eigenvalue weighted by molar-refractivity contribution is -0.162. The number of aliphatic carboxylic acids is 1. The van der Waals surface area contributed by atoms with Crippen LogP contribution in [0.5, 0.6) is 0 Å². The Morgan fingerprint density at radius 2 is 2.04 bits per heavy atom. The molecule has 0 aromatic carbocycles. The van der Waals surface area contributed by atoms with Gasteiger partial charge >= 0.3 is 18.2 Å². The van der Waals surface area contributed by atoms with Crippen LogP contribution in [0.3, 0.4) is 0 Å². The molecule has 0 aromatic rings. The molecule has 3 aliphatic heterocycles. The second kappa shape index (κ2) is 6.50. The molecule has 2 saturated heterocycles. The maximum atomic E-state index is 12.4. The number of hydrogen-bond donors (Lipinski definition) is 4. The van der Waals surface area contributed by atoms with Gasteiger partial charge in [0.15, 0.2) is 11.5 Å². The number of rotatable bonds is 5. The quantitative estimate of drug-likeness (QED) is 0.229. The van der Waals surface area contributed by atoms with Gasteiger partial charge in [-0.1, -0.05) is 0 Å². The second-order valence-corrected chi connectivity index (χ2v) is 6.04. The van der Waals surface area contributed by atoms with Crippen molar-refractivity contribution < 1.29 is 43.7 Å². The maximum absolute atomic E-state index is 12.4. The van der Waals surface area contributed by atoms with Crippen LogP contribution in [0.25, 0.3) is 0 Å². The van der Waals surface area contributed by atoms with Crippen LogP contribution in [0.4, 0.5) is 9.59 Å². The maximum Gasteiger partial charge on any atom is 0.408 e. The summed E-state index contributed by atoms with van der Waals surface area (Å²) < 4.78 is 10.2. The van der Waals surface area contributed by atoms with Crippen LogP contribution in [0.15, 0.2) is 11.5 Å². The van der Waals surface area contributed by atoms with Gasteiger partial charge in [0.2, 0.25) is 12.1 Å². The van der Waals surface area contributed by atoms with E-state index in [0.29, 0.717) is 0 Å². The molecule has 1 unspecified atom stereocenters. The lowest BCUT2D eigenvalue weighted by Gasteiger charge is -2.49. The first kappa shape index (κ1) is 18.6. The summed E-state index contributed by atoms with van der Waals surface area (Å²) in [6.07, 6.45) is -5.42. The van der Waals surface area contributed by atoms with Gasteiger partial charge in [-0.25, -0.2) is 14.4 Å². The van der Waals surface area contributed by atoms with Crippen LogP contribution in [-0.2, 0) is 23.9 Å². The zero-order valence-electron chi connectivity index (χ0n) is 13.3. The van der Waals surface area contributed by atoms with Crippen LogP contribution >= 0.6 is 11.6 Å². The molecule has 0 aromatic heterocycles. The molecule has 2 fully saturated rings. The molecule has 13 nitrogen and oxygen atoms in total. The molecule has 4 atom stereocenters. The monoisotopic (exact) mass is 404 g/mol. The molecular weight excluding hydrogens is 392 g/mol. The summed E-state index contributed by atoms with van der Waals surface area (Å²) in [4.78, 5) is 59.8. The number of amides is 4. The molecule has 14 heteroatoms. The fraction of sp³-hybridized carbons (Fsp3) is 0.462. The highest BCUT2D eigenvalue weighted by molar-refractivity contribution is 6.27. The number of nitrogens with two attached hydrogens (primary N) is 1. The molecule has 0 radical (unpaired) electrons. The minimum atomic E-state index is -1.77. The summed E-state index contributed by atoms with van der Waals surface area (Å²) in [6, 6.07) is -1.92. The Labute approximate surface area is 155 Å². The van der Waals surface area contributed by atoms with Gasteiger partial charge in [-0.05, 0) is 0 Å². The van der Waals surface area contributed by atoms with E-state index in [-0.39, 0.29) is 6.54 Å². The van der Waals surface area contributed by atoms with Crippen molar-refractivity contribution in [3.8, 4) is 0 Å². The largest absolute Gasteiger partial charge is 0.482 e. The molecule has 146 valence electrons. The van der Waals surface area contributed by atoms with Crippen LogP contribution in [0.2, 0.25) is 0 Å². The van der Waals surface area contributed by atoms with E-state index in [1.54, 1.807) is 0 Å². The fourth-order valence-corrected chi connectivity index (χ4v) is 3.42. The van der Waals surface area contributed by atoms with Crippen molar-refractivity contribution in [2.24, 2.45) is 5.73 Å². The van der Waals surface area contributed by atoms with Gasteiger partial charge in [-0.15, -0.1) is 11.6 Å². The summed E-state index contributed by atoms with van der Waals surface area (Å²) in [6.45, 7) is -0.226. The Morgan fingerprint density at radius 3 is 2.56 bits per heavy atom. The molecule has 4 amide bonds. The smallest absolute Gasteiger partial charge is 0.408 e. The number of primary amides is 1. The first-order valence-electron chi connectivity index (χ1n) is 7.45. The van der Waals surface area contributed by atoms with Crippen LogP contribution in [0, 0.1) is 0 Å². The third-order valence-electron chi connectivity index (χ3n) is 4.29. The zero-order chi connectivity index (χ0) is 20.0. The van der Waals surface area contributed by atoms with Gasteiger partial charge in [-0.3, -0.25) is 19.4 Å². The molecule has 0 spiro atoms. The van der Waals surface area contributed by atoms with Gasteiger partial charge in [-0.2, -0.15) is 0 Å². The van der Waals surface area contributed by atoms with E-state index in [1.165, 1.54) is 0 Å². The Hall–Kier alpha value is -3.22. The average Bonchev–Trinajstić information content (AvgIpc) is 2.95. The van der Waals surface area contributed by atoms with Crippen molar-refractivity contribution in [1.29, 1.82) is 0 Å². The van der Waals surface area contributed by atoms with E-state index >= 15 is 0 Å². The molecule has 0 bridgehead atoms. The normalized spacial score (nSPS) is 26.6. The predicted octanol–water partition coefficient (Wildman–Crippen LogP) is -1.97. The Kier molecular flexibility index (Phi) is 4.47. The number of carbonyl (C=O) groups is 5. The molecule has 3 heterocycles. The SMILES string of the molecule is NC(=O)OC(NC(=O)CCl)C1=C(C(=O)O)N2C(=O)[C@@H]3[C@H]2[C@@H](CN3C(=O)O)O1. The van der Waals surface area contributed by atoms with E-state index in [2.05, 4.69) is 5.32 Å². The second-order valence-electron chi connectivity index (χ2n) is 5.77. The number of carboxylic acids is 1. The zero-order valence-corrected chi connectivity index (χ0v) is 14.1. The molecule has 5 N–H and O–H groups in total. The van der Waals surface area contributed by atoms with Crippen molar-refractivity contribution >= 4 is 41.6 Å². The predicted molar refractivity (Wildman–Crippen MR) is 82.0 cm³/mol. The van der Waals surface area contributed by atoms with Crippen molar-refractivity contribution in [3.05, 3.63) is 11.5 Å². The minimum Gasteiger partial charge on any atom is -0.482 e. The Balaban J connectivity index is 2.02. The highest BCUT2D eigenvalue weighted by Gasteiger charge is 2.66. The highest BCUT2D eigenvalue weighted by atomic mass is 35.5. The number of carbonyl (C=O) groups excluding carboxylic acids is 3. The van der Waals surface area contributed by atoms with Crippen molar-refractivity contribution in [2.45, 2.75) is 24.4 Å². The van der Waals surface area contributed by atoms with Crippen molar-refractivity contribution in [2.75, 3.05) is 12.4 Å². The topological polar surface area (TPSA) is 189 Å². The van der Waals surface area contributed by atoms with Gasteiger partial charge in [0.05, 0.1) is 6.54 Å². The summed E-state index contributed by atoms with van der Waals surface area (Å²) >= 11 is 5.38. The van der Waals surface area contributed by atoms with E-state index in [9.17, 15) is 34.2 Å². The number of nitrogens with zero attached hydrogens (tertiary/aromatic N) is 2. The number of hydrogen-bond acceptors (Lipinski definition) is 7. The van der Waals surface area contributed by atoms with E-state index in [4.69, 9.17) is 26.8 Å². The van der Waals surface area contributed by atoms with Crippen molar-refractivity contribution in [3.63, 3.8) is 0 Å². The lowest BCUT2D eigenvalue weighted by atomic mass is 9.91. The van der Waals surface area contributed by atoms with Crippen LogP contribution < -0.4 is 11.1 Å². The molecule has 27 heavy (non-hydrogen) atoms. The number of likely N-dealkylation sites (tertiary alicyclic amines) is 1. The van der Waals surface area contributed by atoms with Crippen molar-refractivity contribution in [1.82, 2.24) is 15.1 Å². The van der Waals surface area contributed by atoms with Crippen LogP contribution in [0.1, 0.15) is 0 Å². The summed E-state index contributed by atoms with van der Waals surface area (Å²) in [5.41, 5.74) is 4.25. The molecule has 3 rings (SSSR count). The van der Waals surface area contributed by atoms with Crippen LogP contribution in [-0.4, -0.2) is 86.8 Å². The Morgan fingerprint density at radius 1 is 1.37 bits per heavy atom. The first-order valence-corrected chi connectivity index (χ1v) is 7.99. The summed E-state index contributed by atoms with van der Waals surface area (Å²) in [5.74, 6) is -4.33. The Bertz CT molecular complexity index is 784. The van der Waals surface area contributed by atoms with E-state index < -0.39 is 71.7 Å². The molecule has 3 aliphatic rings. The van der Waals surface area contributed by atoms with Gasteiger partial charge in [0, 0.05) is 0 Å². The molecular formula is C13H13ClN4O9. The standard InChI is InChI=1S/C13H13ClN4O9/c14-1-4(19)16-9(27-12(15)23)8-7(11(21)22)18-5-3(26-8)2-17(13(24)25)6(5)10(18)20/h3,5-6,9H,1-2H2,(H2,15,23)(H,16,19)(H,21,22)(H,24,25)/t3-,5-,6+,9?/m1/s1. The average molecular weight is 405 g/mol. The lowest BCUT2D eigenvalue weighted by Crippen LogP contribution is -2.71. The third-order valence-corrected chi connectivity index (χ3v) is 4.53. The van der Waals surface area contributed by atoms with Gasteiger partial charge in [0.25, 0.3) is 5.91 Å². The number of alkyl halides is 1. The molecule has 0 aliphatic carbocycles. The summed E-state index contributed by atoms with van der Waals surface area (Å²) in [5, 5.41) is 20.8. The number of carboxylic acid groups (broad SMARTS) is 2. The summed E-state index contributed by atoms with van der Waals surface area (Å²) in [7, 11) is 0. The third kappa shape index (κ3) is 2.85. The highest BCUT2D eigenvalue weighted by Crippen LogP contribution is 2.44. The fourth-order valence-electron chi connectivity index (χ4n) is 3.34. The number of nitrogens with one attached hydrogen (secondary N) is 1. The number of halogens is 1. The number of ether oxygens (including phenoxy) is 2. The molecule has 0 saturated carbocycles. The van der Waals surface area contributed by atoms with Gasteiger partial charge < -0.3 is 30.7 Å². The minimum absolute atomic E-state index is 0.226. The van der Waals surface area contributed by atoms with E-state index in [0.717, 1.165) is 9.80 Å². The first-order chi connectivity index (χ1) is 12.7. The number of β-lactam (4-membered cyclic amide) rings is 1.